The molecule has 0 aliphatic heterocycles. The van der Waals surface area contributed by atoms with Crippen molar-refractivity contribution in [2.45, 2.75) is 283 Å². The third-order valence-electron chi connectivity index (χ3n) is 12.8. The summed E-state index contributed by atoms with van der Waals surface area (Å²) in [6.07, 6.45) is 62.1. The predicted molar refractivity (Wildman–Crippen MR) is 284 cm³/mol. The number of hydrogen-bond donors (Lipinski definition) is 2. The summed E-state index contributed by atoms with van der Waals surface area (Å²) >= 11 is 0. The minimum Gasteiger partial charge on any atom is -0.756 e. The molecule has 0 aromatic rings. The summed E-state index contributed by atoms with van der Waals surface area (Å²) in [4.78, 5) is 25.5. The van der Waals surface area contributed by atoms with Gasteiger partial charge in [0.1, 0.15) is 13.2 Å². The summed E-state index contributed by atoms with van der Waals surface area (Å²) in [7, 11) is 1.26. The van der Waals surface area contributed by atoms with Crippen LogP contribution >= 0.6 is 7.82 Å². The Morgan fingerprint density at radius 2 is 0.879 bits per heavy atom. The Morgan fingerprint density at radius 1 is 0.530 bits per heavy atom. The molecule has 9 heteroatoms. The van der Waals surface area contributed by atoms with E-state index in [1.165, 1.54) is 205 Å². The monoisotopic (exact) mass is 951 g/mol. The molecule has 0 heterocycles. The fourth-order valence-electron chi connectivity index (χ4n) is 8.36. The highest BCUT2D eigenvalue weighted by Gasteiger charge is 2.23. The number of aliphatic hydroxyl groups is 1. The van der Waals surface area contributed by atoms with E-state index < -0.39 is 20.0 Å². The average Bonchev–Trinajstić information content (AvgIpc) is 3.28. The van der Waals surface area contributed by atoms with Crippen molar-refractivity contribution >= 4 is 13.7 Å². The van der Waals surface area contributed by atoms with Gasteiger partial charge < -0.3 is 28.8 Å². The molecule has 0 saturated carbocycles. The third-order valence-corrected chi connectivity index (χ3v) is 13.8. The normalized spacial score (nSPS) is 14.2. The van der Waals surface area contributed by atoms with Crippen LogP contribution in [0.25, 0.3) is 0 Å². The van der Waals surface area contributed by atoms with Crippen LogP contribution in [-0.4, -0.2) is 68.5 Å². The zero-order chi connectivity index (χ0) is 48.5. The minimum atomic E-state index is -4.60. The first kappa shape index (κ1) is 64.7. The maximum absolute atomic E-state index is 13.0. The second-order valence-electron chi connectivity index (χ2n) is 20.6. The van der Waals surface area contributed by atoms with Gasteiger partial charge in [-0.25, -0.2) is 0 Å². The zero-order valence-corrected chi connectivity index (χ0v) is 45.3. The molecule has 0 aromatic heterocycles. The summed E-state index contributed by atoms with van der Waals surface area (Å²) in [5.41, 5.74) is 0. The molecule has 3 unspecified atom stereocenters. The molecule has 0 saturated heterocycles. The fraction of sp³-hybridized carbons (Fsp3) is 0.877. The molecule has 390 valence electrons. The van der Waals surface area contributed by atoms with Gasteiger partial charge in [0.05, 0.1) is 39.9 Å². The first-order valence-electron chi connectivity index (χ1n) is 28.4. The van der Waals surface area contributed by atoms with E-state index in [0.717, 1.165) is 44.9 Å². The lowest BCUT2D eigenvalue weighted by atomic mass is 10.0. The number of rotatable bonds is 52. The number of hydrogen-bond acceptors (Lipinski definition) is 6. The maximum atomic E-state index is 13.0. The van der Waals surface area contributed by atoms with Gasteiger partial charge in [-0.2, -0.15) is 0 Å². The van der Waals surface area contributed by atoms with Gasteiger partial charge in [0.2, 0.25) is 5.91 Å². The Labute approximate surface area is 410 Å². The lowest BCUT2D eigenvalue weighted by molar-refractivity contribution is -0.870. The average molecular weight is 951 g/mol. The molecule has 0 aliphatic carbocycles. The van der Waals surface area contributed by atoms with Crippen molar-refractivity contribution in [1.29, 1.82) is 0 Å². The molecule has 2 N–H and O–H groups in total. The lowest BCUT2D eigenvalue weighted by Crippen LogP contribution is -2.45. The van der Waals surface area contributed by atoms with Gasteiger partial charge in [-0.15, -0.1) is 0 Å². The number of phosphoric ester groups is 1. The number of carbonyl (C=O) groups is 1. The van der Waals surface area contributed by atoms with Crippen molar-refractivity contribution < 1.29 is 32.9 Å². The van der Waals surface area contributed by atoms with Crippen molar-refractivity contribution in [2.24, 2.45) is 0 Å². The smallest absolute Gasteiger partial charge is 0.268 e. The predicted octanol–water partition coefficient (Wildman–Crippen LogP) is 16.4. The second kappa shape index (κ2) is 48.7. The van der Waals surface area contributed by atoms with Gasteiger partial charge >= 0.3 is 0 Å². The Bertz CT molecular complexity index is 1170. The molecule has 0 radical (unpaired) electrons. The molecule has 0 spiro atoms. The van der Waals surface area contributed by atoms with Crippen molar-refractivity contribution in [1.82, 2.24) is 5.32 Å². The Morgan fingerprint density at radius 3 is 1.26 bits per heavy atom. The first-order valence-corrected chi connectivity index (χ1v) is 29.8. The summed E-state index contributed by atoms with van der Waals surface area (Å²) in [5, 5.41) is 13.9. The number of likely N-dealkylation sites (N-methyl/N-ethyl adjacent to an activating group) is 1. The van der Waals surface area contributed by atoms with Crippen LogP contribution in [0.4, 0.5) is 0 Å². The van der Waals surface area contributed by atoms with E-state index in [-0.39, 0.29) is 19.1 Å². The molecular weight excluding hydrogens is 840 g/mol. The van der Waals surface area contributed by atoms with Crippen LogP contribution in [0.1, 0.15) is 271 Å². The summed E-state index contributed by atoms with van der Waals surface area (Å²) in [6, 6.07) is -0.889. The topological polar surface area (TPSA) is 108 Å². The highest BCUT2D eigenvalue weighted by molar-refractivity contribution is 7.45. The van der Waals surface area contributed by atoms with Crippen LogP contribution in [0.3, 0.4) is 0 Å². The zero-order valence-electron chi connectivity index (χ0n) is 44.4. The maximum Gasteiger partial charge on any atom is 0.268 e. The van der Waals surface area contributed by atoms with Crippen LogP contribution in [0.2, 0.25) is 0 Å². The van der Waals surface area contributed by atoms with Crippen LogP contribution < -0.4 is 10.2 Å². The molecular formula is C57H111N2O6P. The molecule has 1 amide bonds. The number of nitrogens with one attached hydrogen (secondary N) is 1. The molecule has 0 aromatic carbocycles. The van der Waals surface area contributed by atoms with Crippen LogP contribution in [0.5, 0.6) is 0 Å². The van der Waals surface area contributed by atoms with E-state index in [1.54, 1.807) is 6.08 Å². The van der Waals surface area contributed by atoms with E-state index in [1.807, 2.05) is 27.2 Å². The SMILES string of the molecule is CCCCCCCCCCC/C=C\C/C=C\CCCCCCCCCCCC(=O)NC(COP(=O)([O-])OCC[N+](C)(C)C)C(O)/C=C/CCCCCCCCCCCCCCCCCCC. The molecule has 0 rings (SSSR count). The summed E-state index contributed by atoms with van der Waals surface area (Å²) < 4.78 is 23.3. The number of unbranched alkanes of at least 4 members (excludes halogenated alkanes) is 35. The van der Waals surface area contributed by atoms with Gasteiger partial charge in [-0.05, 0) is 51.4 Å². The summed E-state index contributed by atoms with van der Waals surface area (Å²) in [5.74, 6) is -0.199. The highest BCUT2D eigenvalue weighted by atomic mass is 31.2. The van der Waals surface area contributed by atoms with E-state index >= 15 is 0 Å². The standard InChI is InChI=1S/C57H111N2O6P/c1-6-8-10-12-14-16-18-20-22-24-26-27-28-29-30-31-33-35-37-39-41-43-45-47-49-51-57(61)58-55(54-65-66(62,63)64-53-52-59(3,4)5)56(60)50-48-46-44-42-40-38-36-34-32-25-23-21-19-17-15-13-11-9-7-2/h26-27,29-30,48,50,55-56,60H,6-25,28,31-47,49,51-54H2,1-5H3,(H-,58,61,62,63)/b27-26-,30-29-,50-48+. The molecule has 8 nitrogen and oxygen atoms in total. The van der Waals surface area contributed by atoms with E-state index in [2.05, 4.69) is 43.5 Å². The van der Waals surface area contributed by atoms with Gasteiger partial charge in [0.15, 0.2) is 0 Å². The van der Waals surface area contributed by atoms with Crippen LogP contribution in [0.15, 0.2) is 36.5 Å². The minimum absolute atomic E-state index is 0.00151. The lowest BCUT2D eigenvalue weighted by Gasteiger charge is -2.29. The number of quaternary nitrogens is 1. The van der Waals surface area contributed by atoms with Gasteiger partial charge in [-0.3, -0.25) is 9.36 Å². The Hall–Kier alpha value is -1.28. The van der Waals surface area contributed by atoms with Gasteiger partial charge in [-0.1, -0.05) is 249 Å². The number of phosphoric acid groups is 1. The number of carbonyl (C=O) groups excluding carboxylic acids is 1. The Balaban J connectivity index is 4.23. The fourth-order valence-corrected chi connectivity index (χ4v) is 9.08. The molecule has 0 fully saturated rings. The van der Waals surface area contributed by atoms with E-state index in [9.17, 15) is 19.4 Å². The molecule has 3 atom stereocenters. The summed E-state index contributed by atoms with van der Waals surface area (Å²) in [6.45, 7) is 4.68. The van der Waals surface area contributed by atoms with Crippen molar-refractivity contribution in [3.8, 4) is 0 Å². The number of nitrogens with zero attached hydrogens (tertiary/aromatic N) is 1. The number of allylic oxidation sites excluding steroid dienone is 5. The molecule has 0 aliphatic rings. The number of aliphatic hydroxyl groups excluding tert-OH is 1. The largest absolute Gasteiger partial charge is 0.756 e. The first-order chi connectivity index (χ1) is 32.0. The molecule has 0 bridgehead atoms. The Kier molecular flexibility index (Phi) is 47.8. The quantitative estimate of drug-likeness (QED) is 0.0272. The third kappa shape index (κ3) is 50.6. The van der Waals surface area contributed by atoms with Crippen molar-refractivity contribution in [2.75, 3.05) is 40.9 Å². The highest BCUT2D eigenvalue weighted by Crippen LogP contribution is 2.38. The van der Waals surface area contributed by atoms with E-state index in [0.29, 0.717) is 17.4 Å². The van der Waals surface area contributed by atoms with Gasteiger partial charge in [0.25, 0.3) is 7.82 Å². The number of amides is 1. The van der Waals surface area contributed by atoms with Crippen molar-refractivity contribution in [3.05, 3.63) is 36.5 Å². The second-order valence-corrected chi connectivity index (χ2v) is 22.1. The van der Waals surface area contributed by atoms with Crippen molar-refractivity contribution in [3.63, 3.8) is 0 Å². The van der Waals surface area contributed by atoms with E-state index in [4.69, 9.17) is 9.05 Å². The molecule has 66 heavy (non-hydrogen) atoms. The van der Waals surface area contributed by atoms with Crippen LogP contribution in [0, 0.1) is 0 Å². The van der Waals surface area contributed by atoms with Gasteiger partial charge in [0, 0.05) is 6.42 Å². The van der Waals surface area contributed by atoms with Crippen LogP contribution in [-0.2, 0) is 18.4 Å².